The molecule has 4 fully saturated rings. The molecule has 4 aliphatic heterocycles. The summed E-state index contributed by atoms with van der Waals surface area (Å²) in [4.78, 5) is 64.4. The molecule has 0 radical (unpaired) electrons. The lowest BCUT2D eigenvalue weighted by Crippen LogP contribution is -2.61. The summed E-state index contributed by atoms with van der Waals surface area (Å²) < 4.78 is 64.0. The van der Waals surface area contributed by atoms with Crippen molar-refractivity contribution in [1.29, 1.82) is 0 Å². The van der Waals surface area contributed by atoms with Crippen molar-refractivity contribution in [3.8, 4) is 11.5 Å². The van der Waals surface area contributed by atoms with Gasteiger partial charge in [0.2, 0.25) is 0 Å². The number of carbonyl (C=O) groups is 4. The number of aliphatic hydroxyl groups excluding tert-OH is 2. The fourth-order valence-electron chi connectivity index (χ4n) is 12.8. The van der Waals surface area contributed by atoms with Gasteiger partial charge in [-0.05, 0) is 104 Å². The van der Waals surface area contributed by atoms with Crippen LogP contribution >= 0.6 is 35.0 Å². The summed E-state index contributed by atoms with van der Waals surface area (Å²) in [5.41, 5.74) is -3.02. The highest BCUT2D eigenvalue weighted by molar-refractivity contribution is 8.00. The molecular formula is C60H90Cl2N2O16S. The third-order valence-corrected chi connectivity index (χ3v) is 19.5. The summed E-state index contributed by atoms with van der Waals surface area (Å²) in [6.45, 7) is 23.3. The summed E-state index contributed by atoms with van der Waals surface area (Å²) in [6, 6.07) is 4.57. The van der Waals surface area contributed by atoms with Gasteiger partial charge in [-0.15, -0.1) is 11.8 Å². The Morgan fingerprint density at radius 1 is 0.901 bits per heavy atom. The van der Waals surface area contributed by atoms with Crippen LogP contribution in [0.2, 0.25) is 10.0 Å². The number of aromatic nitrogens is 1. The molecule has 0 aliphatic carbocycles. The van der Waals surface area contributed by atoms with Crippen molar-refractivity contribution in [3.05, 3.63) is 51.8 Å². The Kier molecular flexibility index (Phi) is 23.4. The maximum Gasteiger partial charge on any atom is 0.320 e. The number of pyridine rings is 1. The van der Waals surface area contributed by atoms with Crippen molar-refractivity contribution in [2.24, 2.45) is 35.5 Å². The van der Waals surface area contributed by atoms with E-state index in [4.69, 9.17) is 70.6 Å². The third-order valence-electron chi connectivity index (χ3n) is 17.4. The Labute approximate surface area is 493 Å². The third kappa shape index (κ3) is 15.1. The number of ether oxygens (including phenoxy) is 10. The van der Waals surface area contributed by atoms with Gasteiger partial charge < -0.3 is 62.5 Å². The smallest absolute Gasteiger partial charge is 0.320 e. The van der Waals surface area contributed by atoms with Crippen LogP contribution in [0.15, 0.2) is 30.6 Å². The highest BCUT2D eigenvalue weighted by atomic mass is 35.5. The van der Waals surface area contributed by atoms with E-state index >= 15 is 9.59 Å². The van der Waals surface area contributed by atoms with Crippen molar-refractivity contribution in [3.63, 3.8) is 0 Å². The molecule has 18 nitrogen and oxygen atoms in total. The van der Waals surface area contributed by atoms with Crippen LogP contribution in [0.4, 0.5) is 0 Å². The number of aliphatic hydroxyl groups is 2. The number of hydrogen-bond acceptors (Lipinski definition) is 19. The minimum absolute atomic E-state index is 0.0557. The predicted molar refractivity (Wildman–Crippen MR) is 308 cm³/mol. The van der Waals surface area contributed by atoms with Gasteiger partial charge in [0, 0.05) is 86.8 Å². The van der Waals surface area contributed by atoms with Crippen LogP contribution in [0.1, 0.15) is 131 Å². The maximum absolute atomic E-state index is 15.3. The van der Waals surface area contributed by atoms with E-state index in [-0.39, 0.29) is 66.0 Å². The molecule has 0 amide bonds. The molecule has 0 bridgehead atoms. The zero-order valence-corrected chi connectivity index (χ0v) is 52.6. The first-order valence-corrected chi connectivity index (χ1v) is 30.4. The molecule has 0 saturated carbocycles. The van der Waals surface area contributed by atoms with Crippen molar-refractivity contribution >= 4 is 58.5 Å². The van der Waals surface area contributed by atoms with Gasteiger partial charge in [-0.25, -0.2) is 0 Å². The minimum atomic E-state index is -1.46. The van der Waals surface area contributed by atoms with Crippen molar-refractivity contribution < 1.29 is 76.8 Å². The van der Waals surface area contributed by atoms with Crippen LogP contribution < -0.4 is 9.47 Å². The maximum atomic E-state index is 15.3. The van der Waals surface area contributed by atoms with E-state index in [1.807, 2.05) is 48.6 Å². The molecule has 19 atom stereocenters. The van der Waals surface area contributed by atoms with Crippen LogP contribution in [0.5, 0.6) is 11.5 Å². The molecule has 1 unspecified atom stereocenters. The predicted octanol–water partition coefficient (Wildman–Crippen LogP) is 8.99. The van der Waals surface area contributed by atoms with Gasteiger partial charge in [0.15, 0.2) is 35.5 Å². The fraction of sp³-hybridized carbons (Fsp3) is 0.750. The number of carbonyl (C=O) groups excluding carboxylic acids is 4. The number of methoxy groups -OCH3 is 3. The highest BCUT2D eigenvalue weighted by Crippen LogP contribution is 2.50. The minimum Gasteiger partial charge on any atom is -0.493 e. The van der Waals surface area contributed by atoms with Crippen LogP contribution in [-0.2, 0) is 58.7 Å². The van der Waals surface area contributed by atoms with E-state index in [9.17, 15) is 19.8 Å². The number of esters is 2. The molecule has 456 valence electrons. The quantitative estimate of drug-likeness (QED) is 0.0718. The van der Waals surface area contributed by atoms with E-state index in [2.05, 4.69) is 23.7 Å². The van der Waals surface area contributed by atoms with Crippen LogP contribution in [0.3, 0.4) is 0 Å². The second kappa shape index (κ2) is 28.3. The molecule has 1 aromatic heterocycles. The molecule has 6 rings (SSSR count). The number of ketones is 2. The molecule has 2 aromatic rings. The molecule has 0 spiro atoms. The molecule has 5 heterocycles. The standard InChI is InChI=1S/C60H90Cl2N2O16S/c1-17-46-60(12)48(52(56(70)80-60)81-22-18-21-74-45-24-38(19-20-44(45)71-14)43(65)25-39-40(61)28-63-29-41(39)62)34(6)49(66)32(4)26-59(11,73-16)54(79-57-50(67)42(23-33(5)75-57)64(13)30-31(2)3)35(7)51(36(8)55(69)77-46)78-47-27-58(10,72-15)53(68)37(9)76-47/h19-20,24,28-29,31-37,42,46-48,50-54,57,67-68H,17-18,21-23,25-27,30H2,1-16H3/t32-,33-,34-,35+,36-,37+,42+,46-,47+,48+,50-,51+,52?,53+,54-,57+,58-,59-,60-/m1/s1. The van der Waals surface area contributed by atoms with Crippen LogP contribution in [-0.4, -0.2) is 174 Å². The lowest BCUT2D eigenvalue weighted by molar-refractivity contribution is -0.319. The Morgan fingerprint density at radius 2 is 1.57 bits per heavy atom. The summed E-state index contributed by atoms with van der Waals surface area (Å²) in [6.07, 6.45) is -4.09. The summed E-state index contributed by atoms with van der Waals surface area (Å²) >= 11 is 14.0. The van der Waals surface area contributed by atoms with E-state index in [1.54, 1.807) is 53.0 Å². The van der Waals surface area contributed by atoms with Crippen molar-refractivity contribution in [2.75, 3.05) is 47.3 Å². The van der Waals surface area contributed by atoms with E-state index in [0.29, 0.717) is 47.1 Å². The number of benzene rings is 1. The van der Waals surface area contributed by atoms with Crippen molar-refractivity contribution in [2.45, 2.75) is 205 Å². The Hall–Kier alpha value is -3.18. The summed E-state index contributed by atoms with van der Waals surface area (Å²) in [5, 5.41) is 23.1. The number of halogens is 2. The summed E-state index contributed by atoms with van der Waals surface area (Å²) in [5.74, 6) is -4.20. The largest absolute Gasteiger partial charge is 0.493 e. The number of likely N-dealkylation sites (N-methyl/N-ethyl adjacent to an activating group) is 1. The highest BCUT2D eigenvalue weighted by Gasteiger charge is 2.62. The number of fused-ring (bicyclic) bond motifs is 1. The van der Waals surface area contributed by atoms with Gasteiger partial charge in [0.05, 0.1) is 65.3 Å². The lowest BCUT2D eigenvalue weighted by atomic mass is 9.70. The zero-order chi connectivity index (χ0) is 60.1. The van der Waals surface area contributed by atoms with Gasteiger partial charge in [-0.1, -0.05) is 64.7 Å². The van der Waals surface area contributed by atoms with Crippen LogP contribution in [0.25, 0.3) is 0 Å². The number of Topliss-reactive ketones (excluding diaryl/α,β-unsaturated/α-hetero) is 2. The topological polar surface area (TPSA) is 217 Å². The first kappa shape index (κ1) is 67.0. The Balaban J connectivity index is 1.32. The van der Waals surface area contributed by atoms with Gasteiger partial charge in [-0.3, -0.25) is 24.2 Å². The molecule has 4 saturated heterocycles. The Bertz CT molecular complexity index is 2460. The number of hydrogen-bond donors (Lipinski definition) is 2. The number of thioether (sulfide) groups is 1. The number of rotatable bonds is 20. The molecule has 2 N–H and O–H groups in total. The molecule has 1 aromatic carbocycles. The first-order chi connectivity index (χ1) is 38.1. The first-order valence-electron chi connectivity index (χ1n) is 28.6. The van der Waals surface area contributed by atoms with Crippen LogP contribution in [0, 0.1) is 35.5 Å². The SMILES string of the molecule is CC[C@H]1OC(=O)[C@H](C)[C@@H](O[C@H]2C[C@@](C)(OC)[C@@H](O)[C@H](C)O2)[C@H](C)[C@@H](O[C@@H]2O[C@H](C)C[C@H](N(C)CC(C)C)[C@H]2O)[C@](C)(OC)C[C@@H](C)C(=O)[C@H](C)[C@H]2C(SCCCOc3cc(C(=O)Cc4c(Cl)cncc4Cl)ccc3OC)C(=O)O[C@@]21C. The average Bonchev–Trinajstić information content (AvgIpc) is 4.00. The van der Waals surface area contributed by atoms with Gasteiger partial charge in [0.1, 0.15) is 29.3 Å². The number of nitrogens with zero attached hydrogens (tertiary/aromatic N) is 2. The fourth-order valence-corrected chi connectivity index (χ4v) is 14.8. The van der Waals surface area contributed by atoms with Gasteiger partial charge in [0.25, 0.3) is 0 Å². The lowest BCUT2D eigenvalue weighted by Gasteiger charge is -2.50. The van der Waals surface area contributed by atoms with Gasteiger partial charge >= 0.3 is 11.9 Å². The molecular weight excluding hydrogens is 1110 g/mol. The average molecular weight is 1200 g/mol. The normalized spacial score (nSPS) is 37.1. The van der Waals surface area contributed by atoms with E-state index in [1.165, 1.54) is 38.4 Å². The molecule has 21 heteroatoms. The van der Waals surface area contributed by atoms with E-state index in [0.717, 1.165) is 6.54 Å². The molecule has 81 heavy (non-hydrogen) atoms. The zero-order valence-electron chi connectivity index (χ0n) is 50.2. The number of cyclic esters (lactones) is 1. The van der Waals surface area contributed by atoms with Crippen molar-refractivity contribution in [1.82, 2.24) is 9.88 Å². The summed E-state index contributed by atoms with van der Waals surface area (Å²) in [7, 11) is 6.54. The monoisotopic (exact) mass is 1200 g/mol. The Morgan fingerprint density at radius 3 is 2.19 bits per heavy atom. The molecule has 4 aliphatic rings. The second-order valence-electron chi connectivity index (χ2n) is 24.0. The van der Waals surface area contributed by atoms with E-state index < -0.39 is 113 Å². The van der Waals surface area contributed by atoms with Gasteiger partial charge in [-0.2, -0.15) is 0 Å². The second-order valence-corrected chi connectivity index (χ2v) is 26.1.